The van der Waals surface area contributed by atoms with E-state index in [-0.39, 0.29) is 11.9 Å². The summed E-state index contributed by atoms with van der Waals surface area (Å²) < 4.78 is 38.9. The molecule has 1 aromatic carbocycles. The fraction of sp³-hybridized carbons (Fsp3) is 0.227. The third-order valence-corrected chi connectivity index (χ3v) is 4.53. The van der Waals surface area contributed by atoms with Crippen LogP contribution in [0.1, 0.15) is 26.5 Å². The second-order valence-electron chi connectivity index (χ2n) is 7.86. The average molecular weight is 474 g/mol. The van der Waals surface area contributed by atoms with Gasteiger partial charge in [-0.3, -0.25) is 4.79 Å². The minimum Gasteiger partial charge on any atom is -0.480 e. The number of anilines is 4. The number of aromatic nitrogens is 3. The molecule has 0 aliphatic carbocycles. The Labute approximate surface area is 192 Å². The van der Waals surface area contributed by atoms with Crippen LogP contribution in [-0.2, 0) is 15.8 Å². The molecule has 0 saturated heterocycles. The molecule has 0 atom stereocenters. The number of nitrogens with zero attached hydrogens (tertiary/aromatic N) is 3. The number of hydrogen-bond donors (Lipinski definition) is 4. The maximum atomic E-state index is 13.0. The highest BCUT2D eigenvalue weighted by Gasteiger charge is 2.32. The van der Waals surface area contributed by atoms with Gasteiger partial charge >= 0.3 is 12.1 Å². The summed E-state index contributed by atoms with van der Waals surface area (Å²) >= 11 is 0. The number of alkyl halides is 3. The first-order chi connectivity index (χ1) is 15.8. The van der Waals surface area contributed by atoms with Gasteiger partial charge in [0.25, 0.3) is 0 Å². The lowest BCUT2D eigenvalue weighted by Crippen LogP contribution is -2.40. The van der Waals surface area contributed by atoms with Crippen molar-refractivity contribution in [2.75, 3.05) is 16.0 Å². The van der Waals surface area contributed by atoms with E-state index >= 15 is 0 Å². The third kappa shape index (κ3) is 6.18. The number of halogens is 3. The second-order valence-corrected chi connectivity index (χ2v) is 7.86. The molecule has 9 nitrogen and oxygen atoms in total. The summed E-state index contributed by atoms with van der Waals surface area (Å²) in [5.74, 6) is -1.32. The van der Waals surface area contributed by atoms with Crippen LogP contribution in [0.3, 0.4) is 0 Å². The predicted molar refractivity (Wildman–Crippen MR) is 120 cm³/mol. The van der Waals surface area contributed by atoms with Crippen LogP contribution in [0.15, 0.2) is 48.8 Å². The molecule has 3 aromatic rings. The molecule has 0 aliphatic rings. The summed E-state index contributed by atoms with van der Waals surface area (Å²) in [5, 5.41) is 17.4. The van der Waals surface area contributed by atoms with Crippen LogP contribution in [-0.4, -0.2) is 37.5 Å². The Hall–Kier alpha value is -4.22. The summed E-state index contributed by atoms with van der Waals surface area (Å²) in [4.78, 5) is 34.4. The van der Waals surface area contributed by atoms with Gasteiger partial charge in [0.2, 0.25) is 11.9 Å². The quantitative estimate of drug-likeness (QED) is 0.393. The topological polar surface area (TPSA) is 129 Å². The lowest BCUT2D eigenvalue weighted by atomic mass is 10.0. The van der Waals surface area contributed by atoms with Gasteiger partial charge in [0.1, 0.15) is 17.1 Å². The number of carboxylic acid groups (broad SMARTS) is 1. The van der Waals surface area contributed by atoms with E-state index in [1.54, 1.807) is 24.3 Å². The lowest BCUT2D eigenvalue weighted by Gasteiger charge is -2.21. The minimum atomic E-state index is -4.63. The number of carbonyl (C=O) groups is 2. The number of carbonyl (C=O) groups excluding carboxylic acids is 1. The Kier molecular flexibility index (Phi) is 6.70. The number of rotatable bonds is 7. The van der Waals surface area contributed by atoms with Crippen molar-refractivity contribution in [2.45, 2.75) is 32.5 Å². The van der Waals surface area contributed by atoms with Crippen molar-refractivity contribution in [3.8, 4) is 11.1 Å². The van der Waals surface area contributed by atoms with Gasteiger partial charge in [0, 0.05) is 36.3 Å². The standard InChI is InChI=1S/C22H21F3N6O3/c1-12(32)28-15-8-14(13-4-5-18(27-11-13)31-21(2,3)19(33)34)9-16(10-15)29-20-26-7-6-17(30-20)22(23,24)25/h4-11H,1-3H3,(H,27,31)(H,28,32)(H,33,34)(H,26,29,30). The van der Waals surface area contributed by atoms with Crippen molar-refractivity contribution in [1.82, 2.24) is 15.0 Å². The van der Waals surface area contributed by atoms with Crippen molar-refractivity contribution >= 4 is 35.0 Å². The second kappa shape index (κ2) is 9.33. The van der Waals surface area contributed by atoms with E-state index in [0.29, 0.717) is 28.3 Å². The monoisotopic (exact) mass is 474 g/mol. The molecule has 12 heteroatoms. The average Bonchev–Trinajstić information content (AvgIpc) is 2.73. The third-order valence-electron chi connectivity index (χ3n) is 4.53. The Bertz CT molecular complexity index is 1210. The van der Waals surface area contributed by atoms with Crippen molar-refractivity contribution in [3.05, 3.63) is 54.5 Å². The van der Waals surface area contributed by atoms with E-state index in [4.69, 9.17) is 0 Å². The number of hydrogen-bond acceptors (Lipinski definition) is 7. The first-order valence-electron chi connectivity index (χ1n) is 9.91. The molecule has 0 bridgehead atoms. The van der Waals surface area contributed by atoms with Gasteiger partial charge in [-0.1, -0.05) is 0 Å². The molecular weight excluding hydrogens is 453 g/mol. The largest absolute Gasteiger partial charge is 0.480 e. The molecular formula is C22H21F3N6O3. The highest BCUT2D eigenvalue weighted by molar-refractivity contribution is 5.91. The van der Waals surface area contributed by atoms with Gasteiger partial charge in [-0.2, -0.15) is 13.2 Å². The molecule has 0 spiro atoms. The zero-order chi connectivity index (χ0) is 25.1. The van der Waals surface area contributed by atoms with E-state index in [1.807, 2.05) is 0 Å². The van der Waals surface area contributed by atoms with Gasteiger partial charge in [-0.15, -0.1) is 0 Å². The Morgan fingerprint density at radius 3 is 2.26 bits per heavy atom. The van der Waals surface area contributed by atoms with E-state index in [2.05, 4.69) is 30.9 Å². The van der Waals surface area contributed by atoms with E-state index in [0.717, 1.165) is 12.3 Å². The molecule has 1 amide bonds. The van der Waals surface area contributed by atoms with Crippen molar-refractivity contribution in [2.24, 2.45) is 0 Å². The Morgan fingerprint density at radius 2 is 1.68 bits per heavy atom. The zero-order valence-electron chi connectivity index (χ0n) is 18.4. The van der Waals surface area contributed by atoms with Crippen LogP contribution in [0.4, 0.5) is 36.3 Å². The molecule has 0 saturated carbocycles. The molecule has 0 unspecified atom stereocenters. The molecule has 3 rings (SSSR count). The number of nitrogens with one attached hydrogen (secondary N) is 3. The molecule has 0 aliphatic heterocycles. The predicted octanol–water partition coefficient (Wildman–Crippen LogP) is 4.53. The molecule has 4 N–H and O–H groups in total. The highest BCUT2D eigenvalue weighted by Crippen LogP contribution is 2.31. The summed E-state index contributed by atoms with van der Waals surface area (Å²) in [7, 11) is 0. The molecule has 0 fully saturated rings. The van der Waals surface area contributed by atoms with Crippen LogP contribution < -0.4 is 16.0 Å². The maximum Gasteiger partial charge on any atom is 0.433 e. The number of benzene rings is 1. The van der Waals surface area contributed by atoms with Crippen LogP contribution >= 0.6 is 0 Å². The maximum absolute atomic E-state index is 13.0. The summed E-state index contributed by atoms with van der Waals surface area (Å²) in [5.41, 5.74) is -0.429. The molecule has 2 aromatic heterocycles. The number of pyridine rings is 1. The first kappa shape index (κ1) is 24.4. The van der Waals surface area contributed by atoms with Crippen molar-refractivity contribution in [3.63, 3.8) is 0 Å². The molecule has 0 radical (unpaired) electrons. The van der Waals surface area contributed by atoms with Gasteiger partial charge in [0.15, 0.2) is 0 Å². The fourth-order valence-electron chi connectivity index (χ4n) is 2.86. The van der Waals surface area contributed by atoms with Crippen molar-refractivity contribution in [1.29, 1.82) is 0 Å². The number of carboxylic acids is 1. The van der Waals surface area contributed by atoms with E-state index in [1.165, 1.54) is 33.0 Å². The van der Waals surface area contributed by atoms with Gasteiger partial charge < -0.3 is 21.1 Å². The van der Waals surface area contributed by atoms with Crippen molar-refractivity contribution < 1.29 is 27.9 Å². The van der Waals surface area contributed by atoms with Gasteiger partial charge in [0.05, 0.1) is 0 Å². The summed E-state index contributed by atoms with van der Waals surface area (Å²) in [6.45, 7) is 4.31. The summed E-state index contributed by atoms with van der Waals surface area (Å²) in [6, 6.07) is 8.84. The summed E-state index contributed by atoms with van der Waals surface area (Å²) in [6.07, 6.45) is -2.14. The van der Waals surface area contributed by atoms with Gasteiger partial charge in [-0.05, 0) is 55.8 Å². The van der Waals surface area contributed by atoms with E-state index in [9.17, 15) is 27.9 Å². The fourth-order valence-corrected chi connectivity index (χ4v) is 2.86. The first-order valence-corrected chi connectivity index (χ1v) is 9.91. The Morgan fingerprint density at radius 1 is 0.971 bits per heavy atom. The lowest BCUT2D eigenvalue weighted by molar-refractivity contribution is -0.141. The molecule has 2 heterocycles. The molecule has 178 valence electrons. The smallest absolute Gasteiger partial charge is 0.433 e. The highest BCUT2D eigenvalue weighted by atomic mass is 19.4. The molecule has 34 heavy (non-hydrogen) atoms. The zero-order valence-corrected chi connectivity index (χ0v) is 18.4. The normalized spacial score (nSPS) is 11.6. The number of amides is 1. The van der Waals surface area contributed by atoms with E-state index < -0.39 is 23.4 Å². The number of aliphatic carboxylic acids is 1. The minimum absolute atomic E-state index is 0.269. The Balaban J connectivity index is 1.93. The van der Waals surface area contributed by atoms with Crippen LogP contribution in [0.25, 0.3) is 11.1 Å². The van der Waals surface area contributed by atoms with Gasteiger partial charge in [-0.25, -0.2) is 19.7 Å². The van der Waals surface area contributed by atoms with Crippen LogP contribution in [0.5, 0.6) is 0 Å². The van der Waals surface area contributed by atoms with Crippen LogP contribution in [0, 0.1) is 0 Å². The SMILES string of the molecule is CC(=O)Nc1cc(Nc2nccc(C(F)(F)F)n2)cc(-c2ccc(NC(C)(C)C(=O)O)nc2)c1. The van der Waals surface area contributed by atoms with Crippen LogP contribution in [0.2, 0.25) is 0 Å².